The van der Waals surface area contributed by atoms with Gasteiger partial charge in [0, 0.05) is 24.4 Å². The van der Waals surface area contributed by atoms with Gasteiger partial charge < -0.3 is 5.32 Å². The van der Waals surface area contributed by atoms with Crippen LogP contribution in [-0.4, -0.2) is 15.8 Å². The molecule has 0 saturated heterocycles. The normalized spacial score (nSPS) is 27.1. The van der Waals surface area contributed by atoms with Gasteiger partial charge in [-0.2, -0.15) is 5.10 Å². The summed E-state index contributed by atoms with van der Waals surface area (Å²) < 4.78 is 1.82. The van der Waals surface area contributed by atoms with Gasteiger partial charge in [-0.25, -0.2) is 4.68 Å². The Balaban J connectivity index is 1.65. The molecule has 2 aliphatic rings. The van der Waals surface area contributed by atoms with E-state index in [2.05, 4.69) is 28.6 Å². The van der Waals surface area contributed by atoms with Gasteiger partial charge in [-0.1, -0.05) is 29.8 Å². The van der Waals surface area contributed by atoms with Gasteiger partial charge >= 0.3 is 0 Å². The minimum absolute atomic E-state index is 0.520. The highest BCUT2D eigenvalue weighted by atomic mass is 35.5. The number of benzene rings is 1. The smallest absolute Gasteiger partial charge is 0.106 e. The lowest BCUT2D eigenvalue weighted by atomic mass is 9.71. The summed E-state index contributed by atoms with van der Waals surface area (Å²) in [6.45, 7) is 0. The predicted octanol–water partition coefficient (Wildman–Crippen LogP) is 3.90. The SMILES string of the molecule is Clc1cccc(NC2CC3CC=CC32)c1-n1cccn1. The van der Waals surface area contributed by atoms with E-state index >= 15 is 0 Å². The molecule has 3 atom stereocenters. The van der Waals surface area contributed by atoms with E-state index in [1.807, 2.05) is 29.1 Å². The zero-order chi connectivity index (χ0) is 13.5. The summed E-state index contributed by atoms with van der Waals surface area (Å²) >= 11 is 6.36. The summed E-state index contributed by atoms with van der Waals surface area (Å²) in [5.41, 5.74) is 1.99. The van der Waals surface area contributed by atoms with E-state index < -0.39 is 0 Å². The van der Waals surface area contributed by atoms with Gasteiger partial charge in [0.1, 0.15) is 5.69 Å². The summed E-state index contributed by atoms with van der Waals surface area (Å²) in [6, 6.07) is 8.40. The van der Waals surface area contributed by atoms with Gasteiger partial charge in [-0.05, 0) is 37.0 Å². The Hall–Kier alpha value is -1.74. The number of para-hydroxylation sites is 1. The quantitative estimate of drug-likeness (QED) is 0.867. The molecule has 2 aliphatic carbocycles. The van der Waals surface area contributed by atoms with Crippen LogP contribution >= 0.6 is 11.6 Å². The second kappa shape index (κ2) is 4.67. The van der Waals surface area contributed by atoms with Crippen molar-refractivity contribution in [2.45, 2.75) is 18.9 Å². The van der Waals surface area contributed by atoms with E-state index in [0.29, 0.717) is 12.0 Å². The van der Waals surface area contributed by atoms with Crippen LogP contribution in [0.25, 0.3) is 5.69 Å². The topological polar surface area (TPSA) is 29.9 Å². The van der Waals surface area contributed by atoms with E-state index in [-0.39, 0.29) is 0 Å². The maximum Gasteiger partial charge on any atom is 0.106 e. The number of anilines is 1. The van der Waals surface area contributed by atoms with Crippen LogP contribution in [0.15, 0.2) is 48.8 Å². The number of nitrogens with one attached hydrogen (secondary N) is 1. The first-order valence-corrected chi connectivity index (χ1v) is 7.42. The molecule has 1 heterocycles. The van der Waals surface area contributed by atoms with Gasteiger partial charge in [0.2, 0.25) is 0 Å². The summed E-state index contributed by atoms with van der Waals surface area (Å²) in [4.78, 5) is 0. The number of nitrogens with zero attached hydrogens (tertiary/aromatic N) is 2. The lowest BCUT2D eigenvalue weighted by Crippen LogP contribution is -2.43. The number of fused-ring (bicyclic) bond motifs is 1. The van der Waals surface area contributed by atoms with Crippen LogP contribution in [-0.2, 0) is 0 Å². The van der Waals surface area contributed by atoms with Crippen molar-refractivity contribution >= 4 is 17.3 Å². The van der Waals surface area contributed by atoms with Crippen LogP contribution in [0.5, 0.6) is 0 Å². The highest BCUT2D eigenvalue weighted by molar-refractivity contribution is 6.33. The molecule has 0 bridgehead atoms. The second-order valence-electron chi connectivity index (χ2n) is 5.57. The standard InChI is InChI=1S/C16H16ClN3/c17-13-6-2-7-14(16(13)20-9-3-8-18-20)19-15-10-11-4-1-5-12(11)15/h1-3,5-9,11-12,15,19H,4,10H2. The predicted molar refractivity (Wildman–Crippen MR) is 81.3 cm³/mol. The Bertz CT molecular complexity index is 648. The highest BCUT2D eigenvalue weighted by Gasteiger charge is 2.41. The van der Waals surface area contributed by atoms with Gasteiger partial charge in [-0.3, -0.25) is 0 Å². The largest absolute Gasteiger partial charge is 0.380 e. The minimum atomic E-state index is 0.520. The zero-order valence-electron chi connectivity index (χ0n) is 11.0. The highest BCUT2D eigenvalue weighted by Crippen LogP contribution is 2.44. The van der Waals surface area contributed by atoms with Crippen molar-refractivity contribution in [2.75, 3.05) is 5.32 Å². The zero-order valence-corrected chi connectivity index (χ0v) is 11.8. The lowest BCUT2D eigenvalue weighted by molar-refractivity contribution is 0.218. The van der Waals surface area contributed by atoms with Crippen molar-refractivity contribution in [3.05, 3.63) is 53.8 Å². The fourth-order valence-electron chi connectivity index (χ4n) is 3.35. The Labute approximate surface area is 123 Å². The van der Waals surface area contributed by atoms with Gasteiger partial charge in [-0.15, -0.1) is 0 Å². The van der Waals surface area contributed by atoms with E-state index in [0.717, 1.165) is 22.3 Å². The second-order valence-corrected chi connectivity index (χ2v) is 5.98. The van der Waals surface area contributed by atoms with Crippen LogP contribution in [0, 0.1) is 11.8 Å². The molecule has 20 heavy (non-hydrogen) atoms. The van der Waals surface area contributed by atoms with Gasteiger partial charge in [0.05, 0.1) is 10.7 Å². The molecule has 1 aromatic carbocycles. The Morgan fingerprint density at radius 1 is 1.30 bits per heavy atom. The molecule has 1 saturated carbocycles. The Kier molecular flexibility index (Phi) is 2.81. The van der Waals surface area contributed by atoms with Crippen molar-refractivity contribution < 1.29 is 0 Å². The van der Waals surface area contributed by atoms with Crippen molar-refractivity contribution in [3.8, 4) is 5.69 Å². The van der Waals surface area contributed by atoms with Crippen LogP contribution < -0.4 is 5.32 Å². The number of aromatic nitrogens is 2. The van der Waals surface area contributed by atoms with E-state index in [9.17, 15) is 0 Å². The summed E-state index contributed by atoms with van der Waals surface area (Å²) in [5.74, 6) is 1.53. The molecule has 4 heteroatoms. The first-order chi connectivity index (χ1) is 9.83. The van der Waals surface area contributed by atoms with Crippen molar-refractivity contribution in [1.29, 1.82) is 0 Å². The van der Waals surface area contributed by atoms with Crippen LogP contribution in [0.4, 0.5) is 5.69 Å². The maximum atomic E-state index is 6.36. The Morgan fingerprint density at radius 2 is 2.25 bits per heavy atom. The first-order valence-electron chi connectivity index (χ1n) is 7.04. The van der Waals surface area contributed by atoms with E-state index in [1.165, 1.54) is 12.8 Å². The molecular formula is C16H16ClN3. The number of halogens is 1. The molecule has 102 valence electrons. The average Bonchev–Trinajstić information content (AvgIpc) is 3.05. The molecular weight excluding hydrogens is 270 g/mol. The molecule has 3 nitrogen and oxygen atoms in total. The molecule has 0 aliphatic heterocycles. The van der Waals surface area contributed by atoms with Crippen molar-refractivity contribution in [3.63, 3.8) is 0 Å². The lowest BCUT2D eigenvalue weighted by Gasteiger charge is -2.41. The molecule has 3 unspecified atom stereocenters. The minimum Gasteiger partial charge on any atom is -0.380 e. The molecule has 0 spiro atoms. The number of hydrogen-bond donors (Lipinski definition) is 1. The first kappa shape index (κ1) is 12.0. The third-order valence-corrected chi connectivity index (χ3v) is 4.73. The fourth-order valence-corrected chi connectivity index (χ4v) is 3.61. The Morgan fingerprint density at radius 3 is 3.05 bits per heavy atom. The van der Waals surface area contributed by atoms with Gasteiger partial charge in [0.25, 0.3) is 0 Å². The van der Waals surface area contributed by atoms with Crippen LogP contribution in [0.3, 0.4) is 0 Å². The summed E-state index contributed by atoms with van der Waals surface area (Å²) in [5, 5.41) is 8.67. The number of rotatable bonds is 3. The molecule has 4 rings (SSSR count). The summed E-state index contributed by atoms with van der Waals surface area (Å²) in [7, 11) is 0. The maximum absolute atomic E-state index is 6.36. The number of hydrogen-bond acceptors (Lipinski definition) is 2. The molecule has 1 aromatic heterocycles. The average molecular weight is 286 g/mol. The third-order valence-electron chi connectivity index (χ3n) is 4.42. The molecule has 1 N–H and O–H groups in total. The van der Waals surface area contributed by atoms with E-state index in [4.69, 9.17) is 11.6 Å². The van der Waals surface area contributed by atoms with Crippen LogP contribution in [0.2, 0.25) is 5.02 Å². The third kappa shape index (κ3) is 1.85. The van der Waals surface area contributed by atoms with E-state index in [1.54, 1.807) is 6.20 Å². The monoisotopic (exact) mass is 285 g/mol. The van der Waals surface area contributed by atoms with Gasteiger partial charge in [0.15, 0.2) is 0 Å². The number of allylic oxidation sites excluding steroid dienone is 1. The summed E-state index contributed by atoms with van der Waals surface area (Å²) in [6.07, 6.45) is 10.8. The fraction of sp³-hybridized carbons (Fsp3) is 0.312. The van der Waals surface area contributed by atoms with Crippen LogP contribution in [0.1, 0.15) is 12.8 Å². The van der Waals surface area contributed by atoms with Crippen molar-refractivity contribution in [1.82, 2.24) is 9.78 Å². The molecule has 2 aromatic rings. The van der Waals surface area contributed by atoms with Crippen molar-refractivity contribution in [2.24, 2.45) is 11.8 Å². The molecule has 1 fully saturated rings. The molecule has 0 amide bonds. The molecule has 0 radical (unpaired) electrons.